The molecule has 0 aromatic heterocycles. The first-order valence-electron chi connectivity index (χ1n) is 9.01. The summed E-state index contributed by atoms with van der Waals surface area (Å²) < 4.78 is 5.59. The first-order chi connectivity index (χ1) is 11.3. The maximum Gasteiger partial charge on any atom is 0.254 e. The van der Waals surface area contributed by atoms with Crippen LogP contribution in [0.15, 0.2) is 24.3 Å². The Hall–Kier alpha value is -1.39. The van der Waals surface area contributed by atoms with Crippen LogP contribution in [0.1, 0.15) is 41.6 Å². The zero-order valence-electron chi connectivity index (χ0n) is 13.7. The molecule has 1 aromatic rings. The number of carbonyl (C=O) groups is 1. The van der Waals surface area contributed by atoms with Crippen molar-refractivity contribution in [2.75, 3.05) is 32.8 Å². The number of hydrogen-bond acceptors (Lipinski definition) is 3. The minimum absolute atomic E-state index is 0.179. The molecule has 2 heterocycles. The van der Waals surface area contributed by atoms with E-state index in [0.717, 1.165) is 18.7 Å². The van der Waals surface area contributed by atoms with Crippen molar-refractivity contribution in [3.63, 3.8) is 0 Å². The summed E-state index contributed by atoms with van der Waals surface area (Å²) in [6.45, 7) is 5.53. The Morgan fingerprint density at radius 2 is 1.83 bits per heavy atom. The first kappa shape index (κ1) is 15.2. The van der Waals surface area contributed by atoms with E-state index in [4.69, 9.17) is 4.74 Å². The van der Waals surface area contributed by atoms with E-state index in [9.17, 15) is 4.79 Å². The van der Waals surface area contributed by atoms with Crippen LogP contribution >= 0.6 is 0 Å². The monoisotopic (exact) mass is 314 g/mol. The highest BCUT2D eigenvalue weighted by Crippen LogP contribution is 2.37. The fourth-order valence-electron chi connectivity index (χ4n) is 3.86. The molecule has 4 nitrogen and oxygen atoms in total. The van der Waals surface area contributed by atoms with Crippen LogP contribution in [0.2, 0.25) is 0 Å². The van der Waals surface area contributed by atoms with Crippen molar-refractivity contribution in [3.05, 3.63) is 35.4 Å². The second-order valence-corrected chi connectivity index (χ2v) is 7.16. The van der Waals surface area contributed by atoms with Gasteiger partial charge >= 0.3 is 0 Å². The minimum Gasteiger partial charge on any atom is -0.377 e. The van der Waals surface area contributed by atoms with Gasteiger partial charge in [0.2, 0.25) is 0 Å². The summed E-state index contributed by atoms with van der Waals surface area (Å²) >= 11 is 0. The SMILES string of the molecule is O=C(c1ccc(CN2CCCC2)cc1)N1CCOCC1C1CC1. The molecule has 2 saturated heterocycles. The Morgan fingerprint density at radius 3 is 2.52 bits per heavy atom. The van der Waals surface area contributed by atoms with E-state index in [1.54, 1.807) is 0 Å². The number of hydrogen-bond donors (Lipinski definition) is 0. The standard InChI is InChI=1S/C19H26N2O2/c22-19(21-11-12-23-14-18(21)16-7-8-16)17-5-3-15(4-6-17)13-20-9-1-2-10-20/h3-6,16,18H,1-2,7-14H2. The van der Waals surface area contributed by atoms with Crippen molar-refractivity contribution in [1.82, 2.24) is 9.80 Å². The Labute approximate surface area is 138 Å². The highest BCUT2D eigenvalue weighted by molar-refractivity contribution is 5.94. The zero-order chi connectivity index (χ0) is 15.6. The smallest absolute Gasteiger partial charge is 0.254 e. The summed E-state index contributed by atoms with van der Waals surface area (Å²) in [5.74, 6) is 0.839. The van der Waals surface area contributed by atoms with Gasteiger partial charge in [0, 0.05) is 18.7 Å². The second kappa shape index (κ2) is 6.62. The van der Waals surface area contributed by atoms with Crippen LogP contribution in [0, 0.1) is 5.92 Å². The predicted molar refractivity (Wildman–Crippen MR) is 89.3 cm³/mol. The van der Waals surface area contributed by atoms with Gasteiger partial charge in [0.15, 0.2) is 0 Å². The van der Waals surface area contributed by atoms with Crippen molar-refractivity contribution in [2.24, 2.45) is 5.92 Å². The molecule has 0 spiro atoms. The quantitative estimate of drug-likeness (QED) is 0.856. The summed E-state index contributed by atoms with van der Waals surface area (Å²) in [5.41, 5.74) is 2.13. The third-order valence-electron chi connectivity index (χ3n) is 5.40. The molecule has 1 atom stereocenters. The predicted octanol–water partition coefficient (Wildman–Crippen LogP) is 2.53. The van der Waals surface area contributed by atoms with E-state index < -0.39 is 0 Å². The summed E-state index contributed by atoms with van der Waals surface area (Å²) in [4.78, 5) is 17.4. The number of carbonyl (C=O) groups excluding carboxylic acids is 1. The lowest BCUT2D eigenvalue weighted by Crippen LogP contribution is -2.49. The van der Waals surface area contributed by atoms with Gasteiger partial charge in [-0.15, -0.1) is 0 Å². The molecule has 2 aliphatic heterocycles. The topological polar surface area (TPSA) is 32.8 Å². The number of ether oxygens (including phenoxy) is 1. The number of likely N-dealkylation sites (tertiary alicyclic amines) is 1. The summed E-state index contributed by atoms with van der Waals surface area (Å²) in [6.07, 6.45) is 5.12. The van der Waals surface area contributed by atoms with Gasteiger partial charge in [0.1, 0.15) is 0 Å². The van der Waals surface area contributed by atoms with Crippen LogP contribution in [0.5, 0.6) is 0 Å². The molecule has 1 aromatic carbocycles. The van der Waals surface area contributed by atoms with Crippen molar-refractivity contribution >= 4 is 5.91 Å². The molecular formula is C19H26N2O2. The fourth-order valence-corrected chi connectivity index (χ4v) is 3.86. The molecule has 0 N–H and O–H groups in total. The number of rotatable bonds is 4. The minimum atomic E-state index is 0.179. The van der Waals surface area contributed by atoms with Crippen LogP contribution in [0.3, 0.4) is 0 Å². The second-order valence-electron chi connectivity index (χ2n) is 7.16. The molecule has 1 unspecified atom stereocenters. The van der Waals surface area contributed by atoms with Crippen LogP contribution in [-0.2, 0) is 11.3 Å². The Balaban J connectivity index is 1.42. The maximum atomic E-state index is 12.9. The van der Waals surface area contributed by atoms with Gasteiger partial charge in [-0.25, -0.2) is 0 Å². The van der Waals surface area contributed by atoms with Gasteiger partial charge in [-0.1, -0.05) is 12.1 Å². The lowest BCUT2D eigenvalue weighted by atomic mass is 10.1. The van der Waals surface area contributed by atoms with Gasteiger partial charge in [0.25, 0.3) is 5.91 Å². The van der Waals surface area contributed by atoms with Crippen LogP contribution in [-0.4, -0.2) is 54.6 Å². The van der Waals surface area contributed by atoms with Crippen molar-refractivity contribution in [3.8, 4) is 0 Å². The first-order valence-corrected chi connectivity index (χ1v) is 9.01. The van der Waals surface area contributed by atoms with Crippen molar-refractivity contribution in [1.29, 1.82) is 0 Å². The highest BCUT2D eigenvalue weighted by Gasteiger charge is 2.39. The normalized spacial score (nSPS) is 25.7. The molecule has 1 aliphatic carbocycles. The van der Waals surface area contributed by atoms with Gasteiger partial charge in [-0.3, -0.25) is 9.69 Å². The van der Waals surface area contributed by atoms with Gasteiger partial charge in [-0.2, -0.15) is 0 Å². The van der Waals surface area contributed by atoms with Gasteiger partial charge < -0.3 is 9.64 Å². The van der Waals surface area contributed by atoms with Gasteiger partial charge in [-0.05, 0) is 62.4 Å². The number of amides is 1. The van der Waals surface area contributed by atoms with E-state index in [2.05, 4.69) is 21.9 Å². The van der Waals surface area contributed by atoms with Crippen molar-refractivity contribution in [2.45, 2.75) is 38.3 Å². The summed E-state index contributed by atoms with van der Waals surface area (Å²) in [6, 6.07) is 8.55. The summed E-state index contributed by atoms with van der Waals surface area (Å²) in [7, 11) is 0. The average molecular weight is 314 g/mol. The number of morpholine rings is 1. The Morgan fingerprint density at radius 1 is 1.09 bits per heavy atom. The molecule has 0 radical (unpaired) electrons. The molecule has 1 saturated carbocycles. The fraction of sp³-hybridized carbons (Fsp3) is 0.632. The number of benzene rings is 1. The molecular weight excluding hydrogens is 288 g/mol. The molecule has 23 heavy (non-hydrogen) atoms. The molecule has 124 valence electrons. The molecule has 1 amide bonds. The van der Waals surface area contributed by atoms with Crippen LogP contribution in [0.25, 0.3) is 0 Å². The van der Waals surface area contributed by atoms with E-state index >= 15 is 0 Å². The number of nitrogens with zero attached hydrogens (tertiary/aromatic N) is 2. The average Bonchev–Trinajstić information content (AvgIpc) is 3.32. The molecule has 4 rings (SSSR count). The van der Waals surface area contributed by atoms with Crippen LogP contribution < -0.4 is 0 Å². The van der Waals surface area contributed by atoms with E-state index in [0.29, 0.717) is 25.2 Å². The maximum absolute atomic E-state index is 12.9. The third kappa shape index (κ3) is 3.43. The van der Waals surface area contributed by atoms with E-state index in [1.807, 2.05) is 12.1 Å². The lowest BCUT2D eigenvalue weighted by molar-refractivity contribution is -0.00834. The Kier molecular flexibility index (Phi) is 4.36. The summed E-state index contributed by atoms with van der Waals surface area (Å²) in [5, 5.41) is 0. The van der Waals surface area contributed by atoms with Crippen LogP contribution in [0.4, 0.5) is 0 Å². The lowest BCUT2D eigenvalue weighted by Gasteiger charge is -2.36. The molecule has 3 fully saturated rings. The van der Waals surface area contributed by atoms with E-state index in [1.165, 1.54) is 44.3 Å². The zero-order valence-corrected chi connectivity index (χ0v) is 13.7. The highest BCUT2D eigenvalue weighted by atomic mass is 16.5. The third-order valence-corrected chi connectivity index (χ3v) is 5.40. The Bertz CT molecular complexity index is 547. The largest absolute Gasteiger partial charge is 0.377 e. The van der Waals surface area contributed by atoms with Gasteiger partial charge in [0.05, 0.1) is 19.3 Å². The molecule has 3 aliphatic rings. The van der Waals surface area contributed by atoms with Crippen molar-refractivity contribution < 1.29 is 9.53 Å². The molecule has 0 bridgehead atoms. The van der Waals surface area contributed by atoms with E-state index in [-0.39, 0.29) is 5.91 Å². The molecule has 4 heteroatoms.